The summed E-state index contributed by atoms with van der Waals surface area (Å²) in [5, 5.41) is 9.43. The quantitative estimate of drug-likeness (QED) is 0.536. The summed E-state index contributed by atoms with van der Waals surface area (Å²) in [6.07, 6.45) is 0.410. The monoisotopic (exact) mass is 491 g/mol. The van der Waals surface area contributed by atoms with E-state index in [1.807, 2.05) is 37.3 Å². The molecule has 5 rings (SSSR count). The van der Waals surface area contributed by atoms with Crippen molar-refractivity contribution in [1.82, 2.24) is 14.3 Å². The molecule has 0 radical (unpaired) electrons. The first-order chi connectivity index (χ1) is 17.0. The van der Waals surface area contributed by atoms with Crippen LogP contribution in [-0.4, -0.2) is 55.5 Å². The fourth-order valence-electron chi connectivity index (χ4n) is 4.18. The Morgan fingerprint density at radius 2 is 1.77 bits per heavy atom. The van der Waals surface area contributed by atoms with Gasteiger partial charge in [0.1, 0.15) is 11.8 Å². The van der Waals surface area contributed by atoms with Gasteiger partial charge in [-0.3, -0.25) is 0 Å². The van der Waals surface area contributed by atoms with E-state index >= 15 is 0 Å². The standard InChI is InChI=1S/C25H25N5O4S/c1-18-6-8-20(9-7-18)34-24-21-17-30(35(31,32)23-5-3-2-4-19(23)16-26)11-10-22(21)27-25(28-24)29-12-14-33-15-13-29/h2-9H,10-15,17H2,1H3. The van der Waals surface area contributed by atoms with Crippen LogP contribution < -0.4 is 9.64 Å². The molecule has 0 saturated carbocycles. The molecule has 1 saturated heterocycles. The Morgan fingerprint density at radius 1 is 1.03 bits per heavy atom. The smallest absolute Gasteiger partial charge is 0.244 e. The van der Waals surface area contributed by atoms with Crippen molar-refractivity contribution in [2.45, 2.75) is 24.8 Å². The molecule has 1 fully saturated rings. The van der Waals surface area contributed by atoms with E-state index in [-0.39, 0.29) is 23.5 Å². The third kappa shape index (κ3) is 4.71. The maximum atomic E-state index is 13.5. The molecule has 3 aromatic rings. The van der Waals surface area contributed by atoms with E-state index in [0.29, 0.717) is 55.9 Å². The van der Waals surface area contributed by atoms with Crippen LogP contribution in [0.25, 0.3) is 0 Å². The molecule has 0 N–H and O–H groups in total. The number of nitrogens with zero attached hydrogens (tertiary/aromatic N) is 5. The van der Waals surface area contributed by atoms with Crippen LogP contribution in [0, 0.1) is 18.3 Å². The third-order valence-electron chi connectivity index (χ3n) is 6.13. The topological polar surface area (TPSA) is 109 Å². The van der Waals surface area contributed by atoms with E-state index in [1.165, 1.54) is 16.4 Å². The number of aromatic nitrogens is 2. The van der Waals surface area contributed by atoms with Crippen LogP contribution in [0.1, 0.15) is 22.4 Å². The Kier molecular flexibility index (Phi) is 6.38. The van der Waals surface area contributed by atoms with Crippen molar-refractivity contribution in [1.29, 1.82) is 5.26 Å². The first-order valence-electron chi connectivity index (χ1n) is 11.4. The highest BCUT2D eigenvalue weighted by molar-refractivity contribution is 7.89. The van der Waals surface area contributed by atoms with Crippen LogP contribution in [0.15, 0.2) is 53.4 Å². The minimum Gasteiger partial charge on any atom is -0.439 e. The molecule has 0 unspecified atom stereocenters. The van der Waals surface area contributed by atoms with Gasteiger partial charge >= 0.3 is 0 Å². The van der Waals surface area contributed by atoms with Gasteiger partial charge in [-0.1, -0.05) is 29.8 Å². The highest BCUT2D eigenvalue weighted by Gasteiger charge is 2.33. The van der Waals surface area contributed by atoms with E-state index in [9.17, 15) is 13.7 Å². The number of aryl methyl sites for hydroxylation is 1. The minimum absolute atomic E-state index is 0.00203. The van der Waals surface area contributed by atoms with E-state index in [1.54, 1.807) is 12.1 Å². The molecule has 9 nitrogen and oxygen atoms in total. The van der Waals surface area contributed by atoms with Crippen molar-refractivity contribution in [3.05, 3.63) is 70.9 Å². The maximum Gasteiger partial charge on any atom is 0.244 e. The highest BCUT2D eigenvalue weighted by Crippen LogP contribution is 2.34. The predicted octanol–water partition coefficient (Wildman–Crippen LogP) is 3.03. The molecule has 0 aliphatic carbocycles. The third-order valence-corrected chi connectivity index (χ3v) is 8.03. The van der Waals surface area contributed by atoms with Gasteiger partial charge in [-0.25, -0.2) is 13.4 Å². The van der Waals surface area contributed by atoms with Crippen molar-refractivity contribution < 1.29 is 17.9 Å². The average Bonchev–Trinajstić information content (AvgIpc) is 2.90. The lowest BCUT2D eigenvalue weighted by atomic mass is 10.1. The second kappa shape index (κ2) is 9.62. The van der Waals surface area contributed by atoms with Gasteiger partial charge in [0.05, 0.1) is 34.9 Å². The number of benzene rings is 2. The summed E-state index contributed by atoms with van der Waals surface area (Å²) in [6.45, 7) is 4.84. The molecule has 10 heteroatoms. The molecule has 0 bridgehead atoms. The van der Waals surface area contributed by atoms with Gasteiger partial charge in [0.2, 0.25) is 21.9 Å². The van der Waals surface area contributed by atoms with Gasteiger partial charge in [0.25, 0.3) is 0 Å². The van der Waals surface area contributed by atoms with Crippen molar-refractivity contribution in [3.8, 4) is 17.7 Å². The molecule has 180 valence electrons. The lowest BCUT2D eigenvalue weighted by Gasteiger charge is -2.31. The summed E-state index contributed by atoms with van der Waals surface area (Å²) >= 11 is 0. The van der Waals surface area contributed by atoms with Gasteiger partial charge < -0.3 is 14.4 Å². The largest absolute Gasteiger partial charge is 0.439 e. The number of rotatable bonds is 5. The Labute approximate surface area is 204 Å². The SMILES string of the molecule is Cc1ccc(Oc2nc(N3CCOCC3)nc3c2CN(S(=O)(=O)c2ccccc2C#N)CC3)cc1. The average molecular weight is 492 g/mol. The number of sulfonamides is 1. The van der Waals surface area contributed by atoms with E-state index in [0.717, 1.165) is 11.3 Å². The Hall–Kier alpha value is -3.52. The zero-order chi connectivity index (χ0) is 24.4. The van der Waals surface area contributed by atoms with Crippen molar-refractivity contribution >= 4 is 16.0 Å². The van der Waals surface area contributed by atoms with Crippen molar-refractivity contribution in [3.63, 3.8) is 0 Å². The first kappa shape index (κ1) is 23.2. The maximum absolute atomic E-state index is 13.5. The molecule has 0 spiro atoms. The number of hydrogen-bond donors (Lipinski definition) is 0. The van der Waals surface area contributed by atoms with Gasteiger partial charge in [-0.2, -0.15) is 14.6 Å². The highest BCUT2D eigenvalue weighted by atomic mass is 32.2. The number of nitriles is 1. The first-order valence-corrected chi connectivity index (χ1v) is 12.9. The normalized spacial score (nSPS) is 16.4. The Morgan fingerprint density at radius 3 is 2.51 bits per heavy atom. The van der Waals surface area contributed by atoms with E-state index in [2.05, 4.69) is 4.90 Å². The fourth-order valence-corrected chi connectivity index (χ4v) is 5.73. The summed E-state index contributed by atoms with van der Waals surface area (Å²) in [5.41, 5.74) is 2.62. The number of fused-ring (bicyclic) bond motifs is 1. The lowest BCUT2D eigenvalue weighted by Crippen LogP contribution is -2.39. The number of ether oxygens (including phenoxy) is 2. The van der Waals surface area contributed by atoms with Crippen LogP contribution in [-0.2, 0) is 27.7 Å². The Bertz CT molecular complexity index is 1380. The lowest BCUT2D eigenvalue weighted by molar-refractivity contribution is 0.122. The summed E-state index contributed by atoms with van der Waals surface area (Å²) in [5.74, 6) is 1.51. The molecule has 2 aliphatic heterocycles. The number of hydrogen-bond acceptors (Lipinski definition) is 8. The summed E-state index contributed by atoms with van der Waals surface area (Å²) in [6, 6.07) is 15.8. The fraction of sp³-hybridized carbons (Fsp3) is 0.320. The van der Waals surface area contributed by atoms with Gasteiger partial charge in [0.15, 0.2) is 0 Å². The van der Waals surface area contributed by atoms with Crippen LogP contribution in [0.2, 0.25) is 0 Å². The van der Waals surface area contributed by atoms with E-state index < -0.39 is 10.0 Å². The molecule has 3 heterocycles. The summed E-state index contributed by atoms with van der Waals surface area (Å²) < 4.78 is 40.0. The van der Waals surface area contributed by atoms with E-state index in [4.69, 9.17) is 19.4 Å². The summed E-state index contributed by atoms with van der Waals surface area (Å²) in [4.78, 5) is 11.5. The number of anilines is 1. The van der Waals surface area contributed by atoms with Crippen LogP contribution in [0.4, 0.5) is 5.95 Å². The molecular weight excluding hydrogens is 466 g/mol. The molecule has 1 aromatic heterocycles. The van der Waals surface area contributed by atoms with Crippen LogP contribution >= 0.6 is 0 Å². The van der Waals surface area contributed by atoms with Crippen LogP contribution in [0.3, 0.4) is 0 Å². The minimum atomic E-state index is -3.90. The second-order valence-corrected chi connectivity index (χ2v) is 10.4. The van der Waals surface area contributed by atoms with Crippen molar-refractivity contribution in [2.24, 2.45) is 0 Å². The summed E-state index contributed by atoms with van der Waals surface area (Å²) in [7, 11) is -3.90. The molecule has 0 atom stereocenters. The zero-order valence-electron chi connectivity index (χ0n) is 19.3. The van der Waals surface area contributed by atoms with Crippen LogP contribution in [0.5, 0.6) is 11.6 Å². The molecular formula is C25H25N5O4S. The number of morpholine rings is 1. The predicted molar refractivity (Wildman–Crippen MR) is 129 cm³/mol. The zero-order valence-corrected chi connectivity index (χ0v) is 20.2. The van der Waals surface area contributed by atoms with Crippen molar-refractivity contribution in [2.75, 3.05) is 37.7 Å². The molecule has 2 aromatic carbocycles. The second-order valence-electron chi connectivity index (χ2n) is 8.47. The molecule has 0 amide bonds. The van der Waals surface area contributed by atoms with Gasteiger partial charge in [-0.05, 0) is 31.2 Å². The molecule has 35 heavy (non-hydrogen) atoms. The Balaban J connectivity index is 1.53. The van der Waals surface area contributed by atoms with Gasteiger partial charge in [0, 0.05) is 32.6 Å². The molecule has 2 aliphatic rings. The van der Waals surface area contributed by atoms with Gasteiger partial charge in [-0.15, -0.1) is 0 Å².